The summed E-state index contributed by atoms with van der Waals surface area (Å²) in [5.41, 5.74) is 8.51. The Bertz CT molecular complexity index is 408. The highest BCUT2D eigenvalue weighted by Crippen LogP contribution is 2.61. The average Bonchev–Trinajstić information content (AvgIpc) is 3.11. The Morgan fingerprint density at radius 3 is 2.69 bits per heavy atom. The second-order valence-corrected chi connectivity index (χ2v) is 6.14. The third kappa shape index (κ3) is 1.93. The van der Waals surface area contributed by atoms with Gasteiger partial charge in [0.15, 0.2) is 0 Å². The quantitative estimate of drug-likeness (QED) is 0.827. The van der Waals surface area contributed by atoms with Crippen LogP contribution in [0.5, 0.6) is 0 Å². The molecule has 16 heavy (non-hydrogen) atoms. The summed E-state index contributed by atoms with van der Waals surface area (Å²) < 4.78 is 1.04. The fraction of sp³-hybridized carbons (Fsp3) is 0.538. The monoisotopic (exact) mass is 280 g/mol. The zero-order valence-electron chi connectivity index (χ0n) is 9.30. The van der Waals surface area contributed by atoms with Crippen molar-refractivity contribution in [1.29, 1.82) is 0 Å². The van der Waals surface area contributed by atoms with E-state index >= 15 is 0 Å². The largest absolute Gasteiger partial charge is 0.397 e. The van der Waals surface area contributed by atoms with Gasteiger partial charge in [0.25, 0.3) is 0 Å². The van der Waals surface area contributed by atoms with Gasteiger partial charge in [0.05, 0.1) is 11.4 Å². The van der Waals surface area contributed by atoms with Crippen LogP contribution in [0.3, 0.4) is 0 Å². The summed E-state index contributed by atoms with van der Waals surface area (Å²) in [6.07, 6.45) is 5.69. The van der Waals surface area contributed by atoms with Crippen molar-refractivity contribution in [3.63, 3.8) is 0 Å². The number of nitrogens with one attached hydrogen (secondary N) is 1. The van der Waals surface area contributed by atoms with Gasteiger partial charge in [-0.3, -0.25) is 0 Å². The van der Waals surface area contributed by atoms with Gasteiger partial charge in [0.2, 0.25) is 0 Å². The molecule has 0 bridgehead atoms. The minimum Gasteiger partial charge on any atom is -0.397 e. The molecule has 2 fully saturated rings. The highest BCUT2D eigenvalue weighted by atomic mass is 79.9. The van der Waals surface area contributed by atoms with Crippen molar-refractivity contribution in [2.45, 2.75) is 25.7 Å². The summed E-state index contributed by atoms with van der Waals surface area (Å²) in [6.45, 7) is 1.10. The lowest BCUT2D eigenvalue weighted by molar-refractivity contribution is 0.467. The van der Waals surface area contributed by atoms with Crippen LogP contribution in [0.4, 0.5) is 11.4 Å². The minimum atomic E-state index is 0.625. The maximum Gasteiger partial charge on any atom is 0.0574 e. The second-order valence-electron chi connectivity index (χ2n) is 5.22. The Balaban J connectivity index is 1.66. The van der Waals surface area contributed by atoms with Gasteiger partial charge in [0.1, 0.15) is 0 Å². The van der Waals surface area contributed by atoms with E-state index in [-0.39, 0.29) is 0 Å². The van der Waals surface area contributed by atoms with Crippen LogP contribution >= 0.6 is 15.9 Å². The Kier molecular flexibility index (Phi) is 2.39. The van der Waals surface area contributed by atoms with E-state index < -0.39 is 0 Å². The predicted octanol–water partition coefficient (Wildman–Crippen LogP) is 3.63. The number of benzene rings is 1. The van der Waals surface area contributed by atoms with Gasteiger partial charge in [-0.1, -0.05) is 15.9 Å². The summed E-state index contributed by atoms with van der Waals surface area (Å²) in [7, 11) is 0. The number of nitrogen functional groups attached to an aromatic ring is 1. The van der Waals surface area contributed by atoms with E-state index in [1.165, 1.54) is 25.7 Å². The summed E-state index contributed by atoms with van der Waals surface area (Å²) in [5.74, 6) is 0.997. The molecule has 0 amide bonds. The summed E-state index contributed by atoms with van der Waals surface area (Å²) >= 11 is 3.42. The smallest absolute Gasteiger partial charge is 0.0574 e. The average molecular weight is 281 g/mol. The van der Waals surface area contributed by atoms with Crippen LogP contribution in [-0.2, 0) is 0 Å². The third-order valence-electron chi connectivity index (χ3n) is 3.98. The standard InChI is InChI=1S/C13H17BrN2/c14-10-3-4-12(11(15)7-10)16-8-13(5-6-13)9-1-2-9/h3-4,7,9,16H,1-2,5-6,8,15H2. The second kappa shape index (κ2) is 3.66. The number of hydrogen-bond donors (Lipinski definition) is 2. The molecule has 0 unspecified atom stereocenters. The van der Waals surface area contributed by atoms with Crippen molar-refractivity contribution in [2.24, 2.45) is 11.3 Å². The SMILES string of the molecule is Nc1cc(Br)ccc1NCC1(C2CC2)CC1. The third-order valence-corrected chi connectivity index (χ3v) is 4.47. The number of hydrogen-bond acceptors (Lipinski definition) is 2. The first-order chi connectivity index (χ1) is 7.70. The van der Waals surface area contributed by atoms with Crippen molar-refractivity contribution in [3.05, 3.63) is 22.7 Å². The molecule has 3 N–H and O–H groups in total. The normalized spacial score (nSPS) is 21.8. The lowest BCUT2D eigenvalue weighted by atomic mass is 10.0. The Morgan fingerprint density at radius 1 is 1.38 bits per heavy atom. The molecule has 1 aromatic rings. The van der Waals surface area contributed by atoms with Crippen LogP contribution in [-0.4, -0.2) is 6.54 Å². The molecule has 0 radical (unpaired) electrons. The number of halogens is 1. The number of anilines is 2. The first kappa shape index (κ1) is 10.5. The molecular weight excluding hydrogens is 264 g/mol. The predicted molar refractivity (Wildman–Crippen MR) is 71.4 cm³/mol. The summed E-state index contributed by atoms with van der Waals surface area (Å²) in [4.78, 5) is 0. The minimum absolute atomic E-state index is 0.625. The topological polar surface area (TPSA) is 38.0 Å². The zero-order valence-corrected chi connectivity index (χ0v) is 10.9. The molecule has 3 heteroatoms. The Hall–Kier alpha value is -0.700. The van der Waals surface area contributed by atoms with E-state index in [9.17, 15) is 0 Å². The molecule has 0 heterocycles. The Labute approximate surface area is 105 Å². The van der Waals surface area contributed by atoms with Crippen molar-refractivity contribution in [2.75, 3.05) is 17.6 Å². The first-order valence-corrected chi connectivity index (χ1v) is 6.78. The number of nitrogens with two attached hydrogens (primary N) is 1. The molecule has 2 nitrogen and oxygen atoms in total. The van der Waals surface area contributed by atoms with Crippen molar-refractivity contribution in [3.8, 4) is 0 Å². The van der Waals surface area contributed by atoms with Crippen LogP contribution in [0.1, 0.15) is 25.7 Å². The molecule has 86 valence electrons. The van der Waals surface area contributed by atoms with Gasteiger partial charge < -0.3 is 11.1 Å². The highest BCUT2D eigenvalue weighted by molar-refractivity contribution is 9.10. The molecule has 0 atom stereocenters. The molecule has 1 aromatic carbocycles. The van der Waals surface area contributed by atoms with Gasteiger partial charge in [0, 0.05) is 11.0 Å². The number of rotatable bonds is 4. The highest BCUT2D eigenvalue weighted by Gasteiger charge is 2.53. The molecular formula is C13H17BrN2. The van der Waals surface area contributed by atoms with Crippen molar-refractivity contribution >= 4 is 27.3 Å². The van der Waals surface area contributed by atoms with E-state index in [1.807, 2.05) is 12.1 Å². The lowest BCUT2D eigenvalue weighted by Crippen LogP contribution is -2.17. The fourth-order valence-electron chi connectivity index (χ4n) is 2.55. The molecule has 0 aliphatic heterocycles. The first-order valence-electron chi connectivity index (χ1n) is 5.99. The van der Waals surface area contributed by atoms with Gasteiger partial charge in [-0.05, 0) is 55.2 Å². The van der Waals surface area contributed by atoms with E-state index in [4.69, 9.17) is 5.73 Å². The van der Waals surface area contributed by atoms with Crippen LogP contribution in [0.25, 0.3) is 0 Å². The van der Waals surface area contributed by atoms with Crippen LogP contribution in [0.2, 0.25) is 0 Å². The molecule has 2 aliphatic carbocycles. The molecule has 3 rings (SSSR count). The van der Waals surface area contributed by atoms with Gasteiger partial charge >= 0.3 is 0 Å². The fourth-order valence-corrected chi connectivity index (χ4v) is 2.93. The van der Waals surface area contributed by atoms with E-state index in [0.717, 1.165) is 28.3 Å². The van der Waals surface area contributed by atoms with Crippen LogP contribution < -0.4 is 11.1 Å². The van der Waals surface area contributed by atoms with E-state index in [1.54, 1.807) is 0 Å². The summed E-state index contributed by atoms with van der Waals surface area (Å²) in [5, 5.41) is 3.52. The van der Waals surface area contributed by atoms with Gasteiger partial charge in [-0.15, -0.1) is 0 Å². The van der Waals surface area contributed by atoms with E-state index in [0.29, 0.717) is 5.41 Å². The zero-order chi connectivity index (χ0) is 11.2. The maximum atomic E-state index is 5.97. The van der Waals surface area contributed by atoms with E-state index in [2.05, 4.69) is 27.3 Å². The molecule has 0 spiro atoms. The molecule has 2 aliphatic rings. The van der Waals surface area contributed by atoms with Crippen molar-refractivity contribution < 1.29 is 0 Å². The van der Waals surface area contributed by atoms with Crippen LogP contribution in [0, 0.1) is 11.3 Å². The Morgan fingerprint density at radius 2 is 2.12 bits per heavy atom. The molecule has 0 saturated heterocycles. The molecule has 2 saturated carbocycles. The van der Waals surface area contributed by atoms with Crippen LogP contribution in [0.15, 0.2) is 22.7 Å². The maximum absolute atomic E-state index is 5.97. The van der Waals surface area contributed by atoms with Gasteiger partial charge in [-0.25, -0.2) is 0 Å². The summed E-state index contributed by atoms with van der Waals surface area (Å²) in [6, 6.07) is 6.05. The van der Waals surface area contributed by atoms with Gasteiger partial charge in [-0.2, -0.15) is 0 Å². The van der Waals surface area contributed by atoms with Crippen molar-refractivity contribution in [1.82, 2.24) is 0 Å². The molecule has 0 aromatic heterocycles. The lowest BCUT2D eigenvalue weighted by Gasteiger charge is -2.17.